The number of piperidine rings is 1. The normalized spacial score (nSPS) is 20.0. The summed E-state index contributed by atoms with van der Waals surface area (Å²) < 4.78 is 0. The summed E-state index contributed by atoms with van der Waals surface area (Å²) in [5.41, 5.74) is 3.08. The van der Waals surface area contributed by atoms with Crippen molar-refractivity contribution in [2.24, 2.45) is 5.92 Å². The van der Waals surface area contributed by atoms with Gasteiger partial charge in [-0.2, -0.15) is 0 Å². The predicted molar refractivity (Wildman–Crippen MR) is 123 cm³/mol. The Morgan fingerprint density at radius 3 is 2.26 bits per heavy atom. The van der Waals surface area contributed by atoms with Gasteiger partial charge in [-0.1, -0.05) is 41.4 Å². The fourth-order valence-electron chi connectivity index (χ4n) is 4.47. The van der Waals surface area contributed by atoms with Crippen LogP contribution in [0.4, 0.5) is 0 Å². The molecule has 31 heavy (non-hydrogen) atoms. The lowest BCUT2D eigenvalue weighted by atomic mass is 9.95. The summed E-state index contributed by atoms with van der Waals surface area (Å²) in [7, 11) is 0. The molecule has 0 aromatic heterocycles. The molecule has 2 fully saturated rings. The van der Waals surface area contributed by atoms with Gasteiger partial charge in [0.1, 0.15) is 0 Å². The molecule has 0 aliphatic carbocycles. The van der Waals surface area contributed by atoms with E-state index >= 15 is 0 Å². The number of benzene rings is 2. The maximum atomic E-state index is 13.2. The zero-order valence-electron chi connectivity index (χ0n) is 18.1. The van der Waals surface area contributed by atoms with Crippen molar-refractivity contribution in [3.8, 4) is 0 Å². The minimum absolute atomic E-state index is 0.0327. The molecule has 2 heterocycles. The first-order chi connectivity index (χ1) is 15.0. The van der Waals surface area contributed by atoms with Crippen LogP contribution in [0.1, 0.15) is 34.3 Å². The fraction of sp³-hybridized carbons (Fsp3) is 0.440. The van der Waals surface area contributed by atoms with E-state index in [4.69, 9.17) is 11.6 Å². The highest BCUT2D eigenvalue weighted by molar-refractivity contribution is 6.30. The summed E-state index contributed by atoms with van der Waals surface area (Å²) in [6, 6.07) is 15.6. The molecule has 2 saturated heterocycles. The Labute approximate surface area is 189 Å². The highest BCUT2D eigenvalue weighted by Crippen LogP contribution is 2.22. The monoisotopic (exact) mass is 439 g/mol. The van der Waals surface area contributed by atoms with Crippen LogP contribution in [-0.2, 0) is 11.3 Å². The van der Waals surface area contributed by atoms with E-state index in [1.165, 1.54) is 5.56 Å². The van der Waals surface area contributed by atoms with Gasteiger partial charge in [0, 0.05) is 56.4 Å². The maximum absolute atomic E-state index is 13.2. The lowest BCUT2D eigenvalue weighted by Crippen LogP contribution is -2.52. The molecule has 164 valence electrons. The van der Waals surface area contributed by atoms with Gasteiger partial charge in [0.05, 0.1) is 5.92 Å². The summed E-state index contributed by atoms with van der Waals surface area (Å²) in [6.07, 6.45) is 1.74. The van der Waals surface area contributed by atoms with Crippen molar-refractivity contribution >= 4 is 23.4 Å². The van der Waals surface area contributed by atoms with E-state index in [1.54, 1.807) is 0 Å². The number of rotatable bonds is 4. The van der Waals surface area contributed by atoms with Crippen LogP contribution in [0.2, 0.25) is 5.02 Å². The van der Waals surface area contributed by atoms with Crippen molar-refractivity contribution < 1.29 is 9.59 Å². The van der Waals surface area contributed by atoms with E-state index in [0.29, 0.717) is 12.1 Å². The van der Waals surface area contributed by atoms with Gasteiger partial charge < -0.3 is 9.80 Å². The minimum atomic E-state index is -0.0917. The molecule has 2 aliphatic heterocycles. The summed E-state index contributed by atoms with van der Waals surface area (Å²) in [5.74, 6) is 0.142. The van der Waals surface area contributed by atoms with Crippen molar-refractivity contribution in [1.82, 2.24) is 14.7 Å². The summed E-state index contributed by atoms with van der Waals surface area (Å²) in [4.78, 5) is 32.3. The second-order valence-electron chi connectivity index (χ2n) is 8.68. The number of halogens is 1. The van der Waals surface area contributed by atoms with Crippen LogP contribution in [-0.4, -0.2) is 65.8 Å². The molecule has 2 amide bonds. The molecule has 4 rings (SSSR count). The molecule has 0 spiro atoms. The van der Waals surface area contributed by atoms with Crippen molar-refractivity contribution in [1.29, 1.82) is 0 Å². The Bertz CT molecular complexity index is 905. The van der Waals surface area contributed by atoms with E-state index in [9.17, 15) is 9.59 Å². The highest BCUT2D eigenvalue weighted by atomic mass is 35.5. The third kappa shape index (κ3) is 5.46. The van der Waals surface area contributed by atoms with Gasteiger partial charge in [0.15, 0.2) is 0 Å². The molecular formula is C25H30ClN3O2. The molecule has 0 bridgehead atoms. The zero-order chi connectivity index (χ0) is 21.8. The molecule has 0 N–H and O–H groups in total. The second kappa shape index (κ2) is 9.84. The molecule has 2 aliphatic rings. The third-order valence-electron chi connectivity index (χ3n) is 6.36. The van der Waals surface area contributed by atoms with Crippen LogP contribution in [0, 0.1) is 12.8 Å². The number of nitrogens with zero attached hydrogens (tertiary/aromatic N) is 3. The van der Waals surface area contributed by atoms with Crippen LogP contribution in [0.5, 0.6) is 0 Å². The van der Waals surface area contributed by atoms with Gasteiger partial charge in [-0.3, -0.25) is 14.5 Å². The second-order valence-corrected chi connectivity index (χ2v) is 9.12. The smallest absolute Gasteiger partial charge is 0.253 e. The van der Waals surface area contributed by atoms with Crippen LogP contribution in [0.3, 0.4) is 0 Å². The van der Waals surface area contributed by atoms with Crippen LogP contribution < -0.4 is 0 Å². The Balaban J connectivity index is 1.29. The molecule has 2 aromatic rings. The first kappa shape index (κ1) is 21.8. The van der Waals surface area contributed by atoms with Gasteiger partial charge in [-0.15, -0.1) is 0 Å². The predicted octanol–water partition coefficient (Wildman–Crippen LogP) is 3.85. The molecular weight excluding hydrogens is 410 g/mol. The molecule has 5 nitrogen and oxygen atoms in total. The standard InChI is InChI=1S/C25H30ClN3O2/c1-19-4-8-21(9-5-19)24(30)29-12-2-3-22(18-29)25(31)28-15-13-27(14-16-28)17-20-6-10-23(26)11-7-20/h4-11,22H,2-3,12-18H2,1H3. The molecule has 1 atom stereocenters. The molecule has 0 radical (unpaired) electrons. The largest absolute Gasteiger partial charge is 0.340 e. The Hall–Kier alpha value is -2.37. The topological polar surface area (TPSA) is 43.9 Å². The molecule has 1 unspecified atom stereocenters. The number of likely N-dealkylation sites (tertiary alicyclic amines) is 1. The van der Waals surface area contributed by atoms with Crippen molar-refractivity contribution in [3.05, 3.63) is 70.2 Å². The first-order valence-corrected chi connectivity index (χ1v) is 11.5. The minimum Gasteiger partial charge on any atom is -0.340 e. The summed E-state index contributed by atoms with van der Waals surface area (Å²) in [5, 5.41) is 0.751. The maximum Gasteiger partial charge on any atom is 0.253 e. The van der Waals surface area contributed by atoms with Gasteiger partial charge >= 0.3 is 0 Å². The number of aryl methyl sites for hydroxylation is 1. The number of carbonyl (C=O) groups is 2. The summed E-state index contributed by atoms with van der Waals surface area (Å²) in [6.45, 7) is 7.37. The number of hydrogen-bond acceptors (Lipinski definition) is 3. The number of piperazine rings is 1. The highest BCUT2D eigenvalue weighted by Gasteiger charge is 2.32. The lowest BCUT2D eigenvalue weighted by molar-refractivity contribution is -0.138. The Morgan fingerprint density at radius 2 is 1.58 bits per heavy atom. The van der Waals surface area contributed by atoms with E-state index in [0.717, 1.165) is 62.7 Å². The van der Waals surface area contributed by atoms with Crippen LogP contribution >= 0.6 is 11.6 Å². The molecule has 6 heteroatoms. The van der Waals surface area contributed by atoms with Gasteiger partial charge in [-0.05, 0) is 49.6 Å². The van der Waals surface area contributed by atoms with Crippen molar-refractivity contribution in [2.75, 3.05) is 39.3 Å². The van der Waals surface area contributed by atoms with Crippen molar-refractivity contribution in [2.45, 2.75) is 26.3 Å². The van der Waals surface area contributed by atoms with Gasteiger partial charge in [0.2, 0.25) is 5.91 Å². The SMILES string of the molecule is Cc1ccc(C(=O)N2CCCC(C(=O)N3CCN(Cc4ccc(Cl)cc4)CC3)C2)cc1. The van der Waals surface area contributed by atoms with Gasteiger partial charge in [0.25, 0.3) is 5.91 Å². The van der Waals surface area contributed by atoms with Gasteiger partial charge in [-0.25, -0.2) is 0 Å². The van der Waals surface area contributed by atoms with E-state index < -0.39 is 0 Å². The van der Waals surface area contributed by atoms with E-state index in [2.05, 4.69) is 17.0 Å². The Morgan fingerprint density at radius 1 is 0.903 bits per heavy atom. The first-order valence-electron chi connectivity index (χ1n) is 11.1. The fourth-order valence-corrected chi connectivity index (χ4v) is 4.60. The molecule has 0 saturated carbocycles. The number of amides is 2. The quantitative estimate of drug-likeness (QED) is 0.726. The van der Waals surface area contributed by atoms with Crippen molar-refractivity contribution in [3.63, 3.8) is 0 Å². The number of hydrogen-bond donors (Lipinski definition) is 0. The Kier molecular flexibility index (Phi) is 6.93. The molecule has 2 aromatic carbocycles. The van der Waals surface area contributed by atoms with Crippen LogP contribution in [0.15, 0.2) is 48.5 Å². The average molecular weight is 440 g/mol. The van der Waals surface area contributed by atoms with E-state index in [1.807, 2.05) is 53.1 Å². The number of carbonyl (C=O) groups excluding carboxylic acids is 2. The third-order valence-corrected chi connectivity index (χ3v) is 6.61. The van der Waals surface area contributed by atoms with Crippen LogP contribution in [0.25, 0.3) is 0 Å². The average Bonchev–Trinajstić information content (AvgIpc) is 2.81. The summed E-state index contributed by atoms with van der Waals surface area (Å²) >= 11 is 5.97. The zero-order valence-corrected chi connectivity index (χ0v) is 18.9. The van der Waals surface area contributed by atoms with E-state index in [-0.39, 0.29) is 17.7 Å². The lowest BCUT2D eigenvalue weighted by Gasteiger charge is -2.39.